The first-order valence-electron chi connectivity index (χ1n) is 6.18. The van der Waals surface area contributed by atoms with E-state index in [1.54, 1.807) is 0 Å². The van der Waals surface area contributed by atoms with E-state index in [4.69, 9.17) is 9.15 Å². The molecule has 0 spiro atoms. The summed E-state index contributed by atoms with van der Waals surface area (Å²) in [5.41, 5.74) is 1.15. The van der Waals surface area contributed by atoms with Crippen LogP contribution in [0.1, 0.15) is 37.0 Å². The summed E-state index contributed by atoms with van der Waals surface area (Å²) in [4.78, 5) is 16.3. The van der Waals surface area contributed by atoms with Crippen molar-refractivity contribution in [2.75, 3.05) is 7.11 Å². The molecule has 0 fully saturated rings. The second-order valence-electron chi connectivity index (χ2n) is 5.45. The van der Waals surface area contributed by atoms with Crippen molar-refractivity contribution in [3.63, 3.8) is 0 Å². The van der Waals surface area contributed by atoms with E-state index >= 15 is 0 Å². The number of hydrogen-bond acceptors (Lipinski definition) is 4. The highest BCUT2D eigenvalue weighted by Gasteiger charge is 2.29. The number of ether oxygens (including phenoxy) is 1. The fourth-order valence-corrected chi connectivity index (χ4v) is 2.14. The molecule has 4 nitrogen and oxygen atoms in total. The third kappa shape index (κ3) is 3.03. The molecule has 0 aliphatic rings. The van der Waals surface area contributed by atoms with Gasteiger partial charge in [-0.3, -0.25) is 0 Å². The predicted molar refractivity (Wildman–Crippen MR) is 84.7 cm³/mol. The van der Waals surface area contributed by atoms with E-state index in [0.717, 1.165) is 9.13 Å². The van der Waals surface area contributed by atoms with Gasteiger partial charge in [0.2, 0.25) is 11.7 Å². The first-order chi connectivity index (χ1) is 9.32. The number of aromatic nitrogens is 1. The van der Waals surface area contributed by atoms with Crippen molar-refractivity contribution >= 4 is 28.6 Å². The molecule has 1 aromatic carbocycles. The van der Waals surface area contributed by atoms with Gasteiger partial charge in [-0.15, -0.1) is 0 Å². The van der Waals surface area contributed by atoms with E-state index in [1.165, 1.54) is 7.11 Å². The zero-order valence-electron chi connectivity index (χ0n) is 11.9. The SMILES string of the molecule is COC(=O)c1oc(-c2ccc(I)cc2)nc1C(C)(C)C. The Morgan fingerprint density at radius 2 is 1.85 bits per heavy atom. The lowest BCUT2D eigenvalue weighted by Crippen LogP contribution is -2.17. The highest BCUT2D eigenvalue weighted by Crippen LogP contribution is 2.30. The first kappa shape index (κ1) is 15.0. The van der Waals surface area contributed by atoms with Crippen LogP contribution in [0.25, 0.3) is 11.5 Å². The molecule has 0 saturated heterocycles. The summed E-state index contributed by atoms with van der Waals surface area (Å²) in [7, 11) is 1.34. The number of halogens is 1. The molecule has 0 atom stereocenters. The van der Waals surface area contributed by atoms with Crippen LogP contribution >= 0.6 is 22.6 Å². The van der Waals surface area contributed by atoms with Crippen molar-refractivity contribution in [1.29, 1.82) is 0 Å². The normalized spacial score (nSPS) is 11.4. The van der Waals surface area contributed by atoms with Crippen LogP contribution in [-0.4, -0.2) is 18.1 Å². The van der Waals surface area contributed by atoms with Crippen LogP contribution in [-0.2, 0) is 10.2 Å². The van der Waals surface area contributed by atoms with Gasteiger partial charge in [-0.1, -0.05) is 20.8 Å². The molecule has 5 heteroatoms. The number of rotatable bonds is 2. The van der Waals surface area contributed by atoms with Crippen molar-refractivity contribution in [1.82, 2.24) is 4.98 Å². The molecule has 2 rings (SSSR count). The zero-order chi connectivity index (χ0) is 14.9. The molecule has 0 unspecified atom stereocenters. The van der Waals surface area contributed by atoms with Crippen LogP contribution in [0.3, 0.4) is 0 Å². The lowest BCUT2D eigenvalue weighted by Gasteiger charge is -2.15. The van der Waals surface area contributed by atoms with Crippen LogP contribution in [0.15, 0.2) is 28.7 Å². The highest BCUT2D eigenvalue weighted by atomic mass is 127. The van der Waals surface area contributed by atoms with Crippen LogP contribution in [0.4, 0.5) is 0 Å². The number of benzene rings is 1. The molecule has 0 N–H and O–H groups in total. The van der Waals surface area contributed by atoms with Crippen LogP contribution in [0.5, 0.6) is 0 Å². The van der Waals surface area contributed by atoms with Crippen LogP contribution in [0.2, 0.25) is 0 Å². The summed E-state index contributed by atoms with van der Waals surface area (Å²) in [6.07, 6.45) is 0. The molecule has 0 amide bonds. The number of oxazole rings is 1. The average Bonchev–Trinajstić information content (AvgIpc) is 2.83. The van der Waals surface area contributed by atoms with Gasteiger partial charge in [0.1, 0.15) is 5.69 Å². The fraction of sp³-hybridized carbons (Fsp3) is 0.333. The maximum absolute atomic E-state index is 11.8. The van der Waals surface area contributed by atoms with Gasteiger partial charge in [0.25, 0.3) is 0 Å². The van der Waals surface area contributed by atoms with Gasteiger partial charge < -0.3 is 9.15 Å². The van der Waals surface area contributed by atoms with Gasteiger partial charge >= 0.3 is 5.97 Å². The summed E-state index contributed by atoms with van der Waals surface area (Å²) in [5.74, 6) is 0.111. The third-order valence-corrected chi connectivity index (χ3v) is 3.52. The lowest BCUT2D eigenvalue weighted by atomic mass is 9.91. The summed E-state index contributed by atoms with van der Waals surface area (Å²) in [6, 6.07) is 7.77. The highest BCUT2D eigenvalue weighted by molar-refractivity contribution is 14.1. The number of carbonyl (C=O) groups is 1. The predicted octanol–water partition coefficient (Wildman–Crippen LogP) is 4.03. The molecule has 0 saturated carbocycles. The van der Waals surface area contributed by atoms with E-state index in [-0.39, 0.29) is 11.2 Å². The van der Waals surface area contributed by atoms with Gasteiger partial charge in [-0.25, -0.2) is 9.78 Å². The molecule has 2 aromatic rings. The Hall–Kier alpha value is -1.37. The number of nitrogens with zero attached hydrogens (tertiary/aromatic N) is 1. The molecule has 1 aromatic heterocycles. The molecule has 1 heterocycles. The Balaban J connectivity index is 2.54. The minimum atomic E-state index is -0.501. The van der Waals surface area contributed by atoms with E-state index in [2.05, 4.69) is 27.6 Å². The quantitative estimate of drug-likeness (QED) is 0.579. The van der Waals surface area contributed by atoms with Crippen LogP contribution in [0, 0.1) is 3.57 Å². The second-order valence-corrected chi connectivity index (χ2v) is 6.69. The number of carbonyl (C=O) groups excluding carboxylic acids is 1. The topological polar surface area (TPSA) is 52.3 Å². The summed E-state index contributed by atoms with van der Waals surface area (Å²) in [6.45, 7) is 5.94. The fourth-order valence-electron chi connectivity index (χ4n) is 1.78. The van der Waals surface area contributed by atoms with E-state index < -0.39 is 5.97 Å². The van der Waals surface area contributed by atoms with Crippen molar-refractivity contribution in [3.05, 3.63) is 39.3 Å². The zero-order valence-corrected chi connectivity index (χ0v) is 14.0. The summed E-state index contributed by atoms with van der Waals surface area (Å²) in [5, 5.41) is 0. The second kappa shape index (κ2) is 5.55. The Morgan fingerprint density at radius 3 is 2.35 bits per heavy atom. The average molecular weight is 385 g/mol. The number of esters is 1. The Kier molecular flexibility index (Phi) is 4.17. The van der Waals surface area contributed by atoms with Crippen molar-refractivity contribution in [2.45, 2.75) is 26.2 Å². The maximum atomic E-state index is 11.8. The monoisotopic (exact) mass is 385 g/mol. The van der Waals surface area contributed by atoms with E-state index in [9.17, 15) is 4.79 Å². The minimum absolute atomic E-state index is 0.175. The molecule has 0 aliphatic heterocycles. The number of hydrogen-bond donors (Lipinski definition) is 0. The first-order valence-corrected chi connectivity index (χ1v) is 7.26. The van der Waals surface area contributed by atoms with Crippen LogP contribution < -0.4 is 0 Å². The number of methoxy groups -OCH3 is 1. The van der Waals surface area contributed by atoms with Crippen molar-refractivity contribution in [3.8, 4) is 11.5 Å². The largest absolute Gasteiger partial charge is 0.463 e. The van der Waals surface area contributed by atoms with Crippen molar-refractivity contribution < 1.29 is 13.9 Å². The molecule has 0 aliphatic carbocycles. The minimum Gasteiger partial charge on any atom is -0.463 e. The molecular weight excluding hydrogens is 369 g/mol. The van der Waals surface area contributed by atoms with Gasteiger partial charge in [0.15, 0.2) is 0 Å². The maximum Gasteiger partial charge on any atom is 0.376 e. The standard InChI is InChI=1S/C15H16INO3/c1-15(2,3)12-11(14(18)19-4)20-13(17-12)9-5-7-10(16)8-6-9/h5-8H,1-4H3. The van der Waals surface area contributed by atoms with Gasteiger partial charge in [-0.2, -0.15) is 0 Å². The van der Waals surface area contributed by atoms with E-state index in [1.807, 2.05) is 45.0 Å². The van der Waals surface area contributed by atoms with Gasteiger partial charge in [-0.05, 0) is 46.9 Å². The third-order valence-electron chi connectivity index (χ3n) is 2.80. The molecule has 0 bridgehead atoms. The van der Waals surface area contributed by atoms with Gasteiger partial charge in [0, 0.05) is 14.5 Å². The lowest BCUT2D eigenvalue weighted by molar-refractivity contribution is 0.0562. The summed E-state index contributed by atoms with van der Waals surface area (Å²) >= 11 is 2.23. The Labute approximate surface area is 131 Å². The Bertz CT molecular complexity index is 624. The van der Waals surface area contributed by atoms with Crippen molar-refractivity contribution in [2.24, 2.45) is 0 Å². The molecule has 106 valence electrons. The molecule has 0 radical (unpaired) electrons. The summed E-state index contributed by atoms with van der Waals surface area (Å²) < 4.78 is 11.5. The van der Waals surface area contributed by atoms with E-state index in [0.29, 0.717) is 11.6 Å². The molecular formula is C15H16INO3. The molecule has 20 heavy (non-hydrogen) atoms. The Morgan fingerprint density at radius 1 is 1.25 bits per heavy atom. The smallest absolute Gasteiger partial charge is 0.376 e. The van der Waals surface area contributed by atoms with Gasteiger partial charge in [0.05, 0.1) is 7.11 Å².